The van der Waals surface area contributed by atoms with Gasteiger partial charge in [-0.3, -0.25) is 0 Å². The average molecular weight is 305 g/mol. The molecule has 2 heteroatoms. The molecule has 1 aliphatic rings. The van der Waals surface area contributed by atoms with Gasteiger partial charge in [0.1, 0.15) is 0 Å². The maximum Gasteiger partial charge on any atom is 0.0632 e. The van der Waals surface area contributed by atoms with Crippen LogP contribution in [0.15, 0.2) is 60.8 Å². The summed E-state index contributed by atoms with van der Waals surface area (Å²) in [5.41, 5.74) is 3.92. The van der Waals surface area contributed by atoms with Gasteiger partial charge >= 0.3 is 0 Å². The molecule has 0 saturated carbocycles. The minimum atomic E-state index is -0.00611. The van der Waals surface area contributed by atoms with Crippen molar-refractivity contribution in [1.29, 1.82) is 0 Å². The molecule has 0 amide bonds. The molecule has 2 heterocycles. The maximum atomic E-state index is 5.86. The third-order valence-corrected chi connectivity index (χ3v) is 4.92. The van der Waals surface area contributed by atoms with Gasteiger partial charge in [0.2, 0.25) is 0 Å². The topological polar surface area (TPSA) is 14.2 Å². The van der Waals surface area contributed by atoms with Crippen LogP contribution in [0.25, 0.3) is 16.6 Å². The first kappa shape index (κ1) is 14.5. The predicted molar refractivity (Wildman–Crippen MR) is 95.3 cm³/mol. The third-order valence-electron chi connectivity index (χ3n) is 4.92. The molecule has 2 aromatic carbocycles. The molecule has 118 valence electrons. The fourth-order valence-electron chi connectivity index (χ4n) is 3.75. The van der Waals surface area contributed by atoms with Crippen LogP contribution < -0.4 is 0 Å². The highest BCUT2D eigenvalue weighted by Crippen LogP contribution is 2.36. The van der Waals surface area contributed by atoms with E-state index >= 15 is 0 Å². The molecule has 0 bridgehead atoms. The van der Waals surface area contributed by atoms with E-state index in [1.165, 1.54) is 22.2 Å². The van der Waals surface area contributed by atoms with Crippen LogP contribution in [0.4, 0.5) is 0 Å². The zero-order valence-electron chi connectivity index (χ0n) is 13.8. The van der Waals surface area contributed by atoms with E-state index in [4.69, 9.17) is 4.74 Å². The highest BCUT2D eigenvalue weighted by atomic mass is 16.5. The highest BCUT2D eigenvalue weighted by molar-refractivity contribution is 5.82. The van der Waals surface area contributed by atoms with Gasteiger partial charge in [0.05, 0.1) is 11.1 Å². The second-order valence-electron chi connectivity index (χ2n) is 7.14. The Labute approximate surface area is 137 Å². The van der Waals surface area contributed by atoms with E-state index < -0.39 is 0 Å². The molecule has 1 aromatic heterocycles. The van der Waals surface area contributed by atoms with Gasteiger partial charge in [-0.05, 0) is 68.5 Å². The second kappa shape index (κ2) is 5.54. The Balaban J connectivity index is 1.70. The summed E-state index contributed by atoms with van der Waals surface area (Å²) in [6, 6.07) is 19.7. The highest BCUT2D eigenvalue weighted by Gasteiger charge is 2.29. The normalized spacial score (nSPS) is 20.7. The molecule has 0 aliphatic carbocycles. The van der Waals surface area contributed by atoms with Gasteiger partial charge in [0.15, 0.2) is 0 Å². The standard InChI is InChI=1S/C21H23NO/c1-21(2)15-18(11-13-23-21)16-8-9-20-17(14-16)10-12-22(20)19-6-4-3-5-7-19/h3-10,12,14,18H,11,13,15H2,1-2H3. The molecule has 1 saturated heterocycles. The molecule has 2 nitrogen and oxygen atoms in total. The largest absolute Gasteiger partial charge is 0.376 e. The lowest BCUT2D eigenvalue weighted by Gasteiger charge is -2.35. The number of benzene rings is 2. The molecule has 0 spiro atoms. The molecule has 3 aromatic rings. The predicted octanol–water partition coefficient (Wildman–Crippen LogP) is 5.30. The monoisotopic (exact) mass is 305 g/mol. The summed E-state index contributed by atoms with van der Waals surface area (Å²) in [5, 5.41) is 1.32. The fourth-order valence-corrected chi connectivity index (χ4v) is 3.75. The fraction of sp³-hybridized carbons (Fsp3) is 0.333. The molecule has 1 aliphatic heterocycles. The van der Waals surface area contributed by atoms with Crippen LogP contribution in [0.2, 0.25) is 0 Å². The molecule has 1 atom stereocenters. The smallest absolute Gasteiger partial charge is 0.0632 e. The summed E-state index contributed by atoms with van der Waals surface area (Å²) < 4.78 is 8.12. The Morgan fingerprint density at radius 1 is 1.04 bits per heavy atom. The number of para-hydroxylation sites is 1. The summed E-state index contributed by atoms with van der Waals surface area (Å²) in [6.45, 7) is 5.26. The number of rotatable bonds is 2. The lowest BCUT2D eigenvalue weighted by atomic mass is 9.83. The molecule has 0 N–H and O–H groups in total. The van der Waals surface area contributed by atoms with Crippen LogP contribution in [0.3, 0.4) is 0 Å². The number of nitrogens with zero attached hydrogens (tertiary/aromatic N) is 1. The van der Waals surface area contributed by atoms with Gasteiger partial charge in [-0.2, -0.15) is 0 Å². The first-order valence-electron chi connectivity index (χ1n) is 8.43. The summed E-state index contributed by atoms with van der Waals surface area (Å²) in [4.78, 5) is 0. The SMILES string of the molecule is CC1(C)CC(c2ccc3c(ccn3-c3ccccc3)c2)CCO1. The molecule has 23 heavy (non-hydrogen) atoms. The van der Waals surface area contributed by atoms with Crippen LogP contribution in [-0.4, -0.2) is 16.8 Å². The number of ether oxygens (including phenoxy) is 1. The minimum absolute atomic E-state index is 0.00611. The van der Waals surface area contributed by atoms with Crippen molar-refractivity contribution in [3.05, 3.63) is 66.4 Å². The summed E-state index contributed by atoms with van der Waals surface area (Å²) in [5.74, 6) is 0.600. The van der Waals surface area contributed by atoms with Crippen LogP contribution in [0, 0.1) is 0 Å². The Hall–Kier alpha value is -2.06. The number of hydrogen-bond acceptors (Lipinski definition) is 1. The van der Waals surface area contributed by atoms with Crippen LogP contribution >= 0.6 is 0 Å². The first-order valence-corrected chi connectivity index (χ1v) is 8.43. The van der Waals surface area contributed by atoms with Gasteiger partial charge < -0.3 is 9.30 Å². The van der Waals surface area contributed by atoms with Crippen molar-refractivity contribution in [3.8, 4) is 5.69 Å². The van der Waals surface area contributed by atoms with Crippen molar-refractivity contribution in [2.24, 2.45) is 0 Å². The van der Waals surface area contributed by atoms with Crippen molar-refractivity contribution in [2.75, 3.05) is 6.61 Å². The maximum absolute atomic E-state index is 5.86. The van der Waals surface area contributed by atoms with E-state index in [1.807, 2.05) is 0 Å². The molecular formula is C21H23NO. The zero-order valence-corrected chi connectivity index (χ0v) is 13.8. The third kappa shape index (κ3) is 2.79. The summed E-state index contributed by atoms with van der Waals surface area (Å²) >= 11 is 0. The average Bonchev–Trinajstić information content (AvgIpc) is 2.98. The Morgan fingerprint density at radius 2 is 1.87 bits per heavy atom. The zero-order chi connectivity index (χ0) is 15.9. The van der Waals surface area contributed by atoms with E-state index in [1.54, 1.807) is 0 Å². The summed E-state index contributed by atoms with van der Waals surface area (Å²) in [6.07, 6.45) is 4.38. The first-order chi connectivity index (χ1) is 11.1. The number of hydrogen-bond donors (Lipinski definition) is 0. The van der Waals surface area contributed by atoms with Crippen molar-refractivity contribution in [1.82, 2.24) is 4.57 Å². The van der Waals surface area contributed by atoms with Crippen molar-refractivity contribution >= 4 is 10.9 Å². The van der Waals surface area contributed by atoms with E-state index in [0.29, 0.717) is 5.92 Å². The summed E-state index contributed by atoms with van der Waals surface area (Å²) in [7, 11) is 0. The van der Waals surface area contributed by atoms with Crippen LogP contribution in [0.5, 0.6) is 0 Å². The quantitative estimate of drug-likeness (QED) is 0.626. The number of fused-ring (bicyclic) bond motifs is 1. The van der Waals surface area contributed by atoms with E-state index in [9.17, 15) is 0 Å². The molecule has 4 rings (SSSR count). The van der Waals surface area contributed by atoms with Gasteiger partial charge in [0, 0.05) is 23.9 Å². The molecular weight excluding hydrogens is 282 g/mol. The number of aromatic nitrogens is 1. The lowest BCUT2D eigenvalue weighted by molar-refractivity contribution is -0.0592. The molecule has 1 unspecified atom stereocenters. The minimum Gasteiger partial charge on any atom is -0.376 e. The van der Waals surface area contributed by atoms with Crippen molar-refractivity contribution in [2.45, 2.75) is 38.2 Å². The Bertz CT molecular complexity index is 816. The van der Waals surface area contributed by atoms with Gasteiger partial charge in [-0.15, -0.1) is 0 Å². The van der Waals surface area contributed by atoms with Crippen LogP contribution in [-0.2, 0) is 4.74 Å². The van der Waals surface area contributed by atoms with Gasteiger partial charge in [-0.25, -0.2) is 0 Å². The Morgan fingerprint density at radius 3 is 2.65 bits per heavy atom. The van der Waals surface area contributed by atoms with Crippen LogP contribution in [0.1, 0.15) is 38.2 Å². The van der Waals surface area contributed by atoms with E-state index in [2.05, 4.69) is 79.2 Å². The van der Waals surface area contributed by atoms with E-state index in [0.717, 1.165) is 19.4 Å². The Kier molecular flexibility index (Phi) is 3.50. The van der Waals surface area contributed by atoms with E-state index in [-0.39, 0.29) is 5.60 Å². The second-order valence-corrected chi connectivity index (χ2v) is 7.14. The lowest BCUT2D eigenvalue weighted by Crippen LogP contribution is -2.32. The molecule has 1 fully saturated rings. The van der Waals surface area contributed by atoms with Gasteiger partial charge in [0.25, 0.3) is 0 Å². The molecule has 0 radical (unpaired) electrons. The van der Waals surface area contributed by atoms with Crippen molar-refractivity contribution in [3.63, 3.8) is 0 Å². The van der Waals surface area contributed by atoms with Crippen molar-refractivity contribution < 1.29 is 4.74 Å². The van der Waals surface area contributed by atoms with Gasteiger partial charge in [-0.1, -0.05) is 24.3 Å².